The van der Waals surface area contributed by atoms with E-state index >= 15 is 0 Å². The number of amides is 4. The predicted molar refractivity (Wildman–Crippen MR) is 224 cm³/mol. The summed E-state index contributed by atoms with van der Waals surface area (Å²) in [4.78, 5) is 69.0. The van der Waals surface area contributed by atoms with E-state index in [1.165, 1.54) is 4.90 Å². The van der Waals surface area contributed by atoms with Crippen molar-refractivity contribution in [2.45, 2.75) is 59.0 Å². The standard InChI is InChI=1S/C46H56N4O10/c1-2-56-42(51)33-50(46(55)60-37-41-25-13-6-14-26-41)32-18-31-49(45(54)59-36-40-23-11-5-12-24-40)29-16-15-28-48(44(53)58-35-39-21-9-4-10-22-39)30-17-27-47-43(52)57-34-38-19-7-3-8-20-38/h3-14,19-26H,2,15-18,27-37H2,1H3,(H,47,52). The van der Waals surface area contributed by atoms with Crippen LogP contribution in [0, 0.1) is 0 Å². The van der Waals surface area contributed by atoms with E-state index in [1.807, 2.05) is 121 Å². The van der Waals surface area contributed by atoms with Crippen molar-refractivity contribution < 1.29 is 47.7 Å². The molecule has 1 N–H and O–H groups in total. The average molecular weight is 825 g/mol. The second kappa shape index (κ2) is 27.2. The topological polar surface area (TPSA) is 153 Å². The van der Waals surface area contributed by atoms with Gasteiger partial charge in [-0.15, -0.1) is 0 Å². The van der Waals surface area contributed by atoms with E-state index in [2.05, 4.69) is 5.32 Å². The van der Waals surface area contributed by atoms with Crippen molar-refractivity contribution >= 4 is 30.3 Å². The molecule has 0 bridgehead atoms. The molecule has 0 unspecified atom stereocenters. The van der Waals surface area contributed by atoms with Crippen LogP contribution < -0.4 is 5.32 Å². The summed E-state index contributed by atoms with van der Waals surface area (Å²) in [6.07, 6.45) is -0.451. The molecular formula is C46H56N4O10. The maximum atomic E-state index is 13.5. The van der Waals surface area contributed by atoms with Gasteiger partial charge >= 0.3 is 30.3 Å². The molecule has 320 valence electrons. The molecule has 14 heteroatoms. The highest BCUT2D eigenvalue weighted by atomic mass is 16.6. The van der Waals surface area contributed by atoms with Crippen molar-refractivity contribution in [1.82, 2.24) is 20.0 Å². The highest BCUT2D eigenvalue weighted by Crippen LogP contribution is 2.11. The zero-order valence-corrected chi connectivity index (χ0v) is 34.3. The van der Waals surface area contributed by atoms with Crippen LogP contribution >= 0.6 is 0 Å². The fourth-order valence-corrected chi connectivity index (χ4v) is 5.91. The lowest BCUT2D eigenvalue weighted by Gasteiger charge is -2.26. The van der Waals surface area contributed by atoms with Gasteiger partial charge in [0, 0.05) is 39.3 Å². The molecule has 4 aromatic carbocycles. The summed E-state index contributed by atoms with van der Waals surface area (Å²) in [5.41, 5.74) is 3.35. The zero-order chi connectivity index (χ0) is 42.6. The maximum absolute atomic E-state index is 13.5. The summed E-state index contributed by atoms with van der Waals surface area (Å²) in [6, 6.07) is 37.3. The van der Waals surface area contributed by atoms with Crippen molar-refractivity contribution in [1.29, 1.82) is 0 Å². The first-order valence-corrected chi connectivity index (χ1v) is 20.3. The number of alkyl carbamates (subject to hydrolysis) is 1. The van der Waals surface area contributed by atoms with Gasteiger partial charge in [-0.05, 0) is 54.9 Å². The SMILES string of the molecule is CCOC(=O)CN(CCCN(CCCCN(CCCNC(=O)OCc1ccccc1)C(=O)OCc1ccccc1)C(=O)OCc1ccccc1)C(=O)OCc1ccccc1. The minimum Gasteiger partial charge on any atom is -0.465 e. The van der Waals surface area contributed by atoms with Gasteiger partial charge in [-0.25, -0.2) is 19.2 Å². The van der Waals surface area contributed by atoms with Gasteiger partial charge in [0.05, 0.1) is 6.61 Å². The van der Waals surface area contributed by atoms with Crippen LogP contribution in [0.4, 0.5) is 19.2 Å². The van der Waals surface area contributed by atoms with Crippen LogP contribution in [0.2, 0.25) is 0 Å². The Hall–Kier alpha value is -6.57. The predicted octanol–water partition coefficient (Wildman–Crippen LogP) is 7.95. The summed E-state index contributed by atoms with van der Waals surface area (Å²) in [7, 11) is 0. The number of hydrogen-bond donors (Lipinski definition) is 1. The Labute approximate surface area is 352 Å². The first-order valence-electron chi connectivity index (χ1n) is 20.3. The van der Waals surface area contributed by atoms with E-state index in [4.69, 9.17) is 23.7 Å². The molecular weight excluding hydrogens is 769 g/mol. The smallest absolute Gasteiger partial charge is 0.410 e. The second-order valence-corrected chi connectivity index (χ2v) is 13.7. The van der Waals surface area contributed by atoms with Gasteiger partial charge in [-0.2, -0.15) is 0 Å². The summed E-state index contributed by atoms with van der Waals surface area (Å²) >= 11 is 0. The van der Waals surface area contributed by atoms with Gasteiger partial charge in [0.1, 0.15) is 33.0 Å². The number of esters is 1. The van der Waals surface area contributed by atoms with Gasteiger partial charge in [-0.3, -0.25) is 9.69 Å². The number of carbonyl (C=O) groups is 5. The molecule has 60 heavy (non-hydrogen) atoms. The molecule has 0 radical (unpaired) electrons. The summed E-state index contributed by atoms with van der Waals surface area (Å²) in [5.74, 6) is -0.570. The molecule has 0 fully saturated rings. The van der Waals surface area contributed by atoms with Crippen LogP contribution in [0.5, 0.6) is 0 Å². The van der Waals surface area contributed by atoms with Crippen LogP contribution in [0.3, 0.4) is 0 Å². The lowest BCUT2D eigenvalue weighted by molar-refractivity contribution is -0.144. The maximum Gasteiger partial charge on any atom is 0.410 e. The van der Waals surface area contributed by atoms with E-state index in [-0.39, 0.29) is 59.2 Å². The van der Waals surface area contributed by atoms with Crippen molar-refractivity contribution in [3.05, 3.63) is 144 Å². The highest BCUT2D eigenvalue weighted by molar-refractivity contribution is 5.78. The third-order valence-electron chi connectivity index (χ3n) is 9.06. The molecule has 0 aliphatic heterocycles. The molecule has 4 aromatic rings. The van der Waals surface area contributed by atoms with Crippen LogP contribution in [-0.2, 0) is 54.9 Å². The number of benzene rings is 4. The van der Waals surface area contributed by atoms with Crippen molar-refractivity contribution in [3.8, 4) is 0 Å². The van der Waals surface area contributed by atoms with E-state index in [0.717, 1.165) is 22.3 Å². The van der Waals surface area contributed by atoms with Crippen molar-refractivity contribution in [3.63, 3.8) is 0 Å². The molecule has 0 saturated carbocycles. The quantitative estimate of drug-likeness (QED) is 0.0419. The van der Waals surface area contributed by atoms with Gasteiger partial charge < -0.3 is 38.8 Å². The Bertz CT molecular complexity index is 1850. The van der Waals surface area contributed by atoms with E-state index < -0.39 is 30.3 Å². The Kier molecular flexibility index (Phi) is 20.9. The van der Waals surface area contributed by atoms with Crippen LogP contribution in [0.1, 0.15) is 54.9 Å². The molecule has 0 saturated heterocycles. The lowest BCUT2D eigenvalue weighted by Crippen LogP contribution is -2.40. The van der Waals surface area contributed by atoms with Gasteiger partial charge in [0.2, 0.25) is 0 Å². The number of rotatable bonds is 24. The first-order chi connectivity index (χ1) is 29.3. The number of carbonyl (C=O) groups excluding carboxylic acids is 5. The lowest BCUT2D eigenvalue weighted by atomic mass is 10.2. The molecule has 14 nitrogen and oxygen atoms in total. The second-order valence-electron chi connectivity index (χ2n) is 13.7. The first kappa shape index (κ1) is 46.1. The Balaban J connectivity index is 1.33. The number of nitrogens with zero attached hydrogens (tertiary/aromatic N) is 3. The minimum atomic E-state index is -0.677. The number of unbranched alkanes of at least 4 members (excludes halogenated alkanes) is 1. The Morgan fingerprint density at radius 1 is 0.433 bits per heavy atom. The highest BCUT2D eigenvalue weighted by Gasteiger charge is 2.22. The molecule has 0 spiro atoms. The van der Waals surface area contributed by atoms with Gasteiger partial charge in [-0.1, -0.05) is 121 Å². The third kappa shape index (κ3) is 18.3. The largest absolute Gasteiger partial charge is 0.465 e. The third-order valence-corrected chi connectivity index (χ3v) is 9.06. The summed E-state index contributed by atoms with van der Waals surface area (Å²) in [6.45, 7) is 3.46. The average Bonchev–Trinajstić information content (AvgIpc) is 3.28. The Morgan fingerprint density at radius 2 is 0.783 bits per heavy atom. The van der Waals surface area contributed by atoms with E-state index in [9.17, 15) is 24.0 Å². The van der Waals surface area contributed by atoms with Gasteiger partial charge in [0.15, 0.2) is 0 Å². The normalized spacial score (nSPS) is 10.5. The number of nitrogens with one attached hydrogen (secondary N) is 1. The fourth-order valence-electron chi connectivity index (χ4n) is 5.91. The molecule has 4 rings (SSSR count). The van der Waals surface area contributed by atoms with Crippen LogP contribution in [0.15, 0.2) is 121 Å². The zero-order valence-electron chi connectivity index (χ0n) is 34.3. The molecule has 0 aliphatic rings. The van der Waals surface area contributed by atoms with Gasteiger partial charge in [0.25, 0.3) is 0 Å². The molecule has 0 aromatic heterocycles. The van der Waals surface area contributed by atoms with E-state index in [1.54, 1.807) is 16.7 Å². The number of hydrogen-bond acceptors (Lipinski definition) is 10. The molecule has 4 amide bonds. The van der Waals surface area contributed by atoms with Crippen molar-refractivity contribution in [2.75, 3.05) is 52.4 Å². The number of ether oxygens (including phenoxy) is 5. The summed E-state index contributed by atoms with van der Waals surface area (Å²) in [5, 5.41) is 2.73. The van der Waals surface area contributed by atoms with Crippen LogP contribution in [0.25, 0.3) is 0 Å². The fraction of sp³-hybridized carbons (Fsp3) is 0.370. The molecule has 0 aliphatic carbocycles. The molecule has 0 heterocycles. The Morgan fingerprint density at radius 3 is 1.20 bits per heavy atom. The minimum absolute atomic E-state index is 0.0333. The monoisotopic (exact) mass is 824 g/mol. The van der Waals surface area contributed by atoms with Crippen molar-refractivity contribution in [2.24, 2.45) is 0 Å². The summed E-state index contributed by atoms with van der Waals surface area (Å²) < 4.78 is 27.2. The molecule has 0 atom stereocenters. The van der Waals surface area contributed by atoms with Crippen LogP contribution in [-0.4, -0.2) is 97.5 Å². The van der Waals surface area contributed by atoms with E-state index in [0.29, 0.717) is 45.3 Å².